The number of hydrogen-bond acceptors (Lipinski definition) is 6. The lowest BCUT2D eigenvalue weighted by molar-refractivity contribution is 0.0600. The lowest BCUT2D eigenvalue weighted by atomic mass is 10.1. The Kier molecular flexibility index (Phi) is 4.67. The van der Waals surface area contributed by atoms with E-state index < -0.39 is 5.97 Å². The van der Waals surface area contributed by atoms with Gasteiger partial charge in [-0.3, -0.25) is 0 Å². The van der Waals surface area contributed by atoms with Gasteiger partial charge in [-0.1, -0.05) is 18.2 Å². The van der Waals surface area contributed by atoms with Crippen LogP contribution in [0, 0.1) is 4.91 Å². The molecule has 140 valence electrons. The summed E-state index contributed by atoms with van der Waals surface area (Å²) in [5.74, 6) is -0.630. The summed E-state index contributed by atoms with van der Waals surface area (Å²) in [6, 6.07) is 14.6. The maximum Gasteiger partial charge on any atom is 0.337 e. The lowest BCUT2D eigenvalue weighted by Gasteiger charge is -2.09. The molecule has 0 bridgehead atoms. The summed E-state index contributed by atoms with van der Waals surface area (Å²) in [5.41, 5.74) is 3.95. The highest BCUT2D eigenvalue weighted by atomic mass is 32.1. The first-order chi connectivity index (χ1) is 13.6. The van der Waals surface area contributed by atoms with Gasteiger partial charge in [0.05, 0.1) is 24.7 Å². The zero-order chi connectivity index (χ0) is 19.7. The molecule has 28 heavy (non-hydrogen) atoms. The van der Waals surface area contributed by atoms with Crippen LogP contribution < -0.4 is 0 Å². The standard InChI is InChI=1S/C21H16N2O4S/c1-27-21(25)15-4-2-3-13(9-15)11-23-18-10-14(16-7-8-28-12-16)5-6-17(18)19(22-26)20(23)24/h2-10,12,24H,11H2,1H3. The minimum atomic E-state index is -0.432. The number of hydrogen-bond donors (Lipinski definition) is 1. The van der Waals surface area contributed by atoms with E-state index in [9.17, 15) is 14.8 Å². The molecule has 7 heteroatoms. The Balaban J connectivity index is 1.84. The molecule has 0 saturated heterocycles. The largest absolute Gasteiger partial charge is 0.493 e. The summed E-state index contributed by atoms with van der Waals surface area (Å²) >= 11 is 1.60. The second-order valence-electron chi connectivity index (χ2n) is 6.29. The van der Waals surface area contributed by atoms with Gasteiger partial charge in [-0.05, 0) is 63.0 Å². The number of esters is 1. The molecule has 0 aliphatic heterocycles. The van der Waals surface area contributed by atoms with E-state index in [2.05, 4.69) is 5.18 Å². The Morgan fingerprint density at radius 1 is 1.18 bits per heavy atom. The molecular formula is C21H16N2O4S. The van der Waals surface area contributed by atoms with Crippen molar-refractivity contribution in [3.8, 4) is 17.0 Å². The Morgan fingerprint density at radius 3 is 2.75 bits per heavy atom. The number of nitrogens with zero attached hydrogens (tertiary/aromatic N) is 2. The van der Waals surface area contributed by atoms with Gasteiger partial charge in [-0.2, -0.15) is 11.3 Å². The maximum absolute atomic E-state index is 11.8. The van der Waals surface area contributed by atoms with Crippen LogP contribution in [0.15, 0.2) is 64.5 Å². The Bertz CT molecular complexity index is 1180. The third-order valence-corrected chi connectivity index (χ3v) is 5.33. The number of carbonyl (C=O) groups excluding carboxylic acids is 1. The summed E-state index contributed by atoms with van der Waals surface area (Å²) in [6.07, 6.45) is 0. The van der Waals surface area contributed by atoms with Crippen LogP contribution in [0.5, 0.6) is 5.88 Å². The van der Waals surface area contributed by atoms with E-state index in [-0.39, 0.29) is 18.1 Å². The van der Waals surface area contributed by atoms with Gasteiger partial charge < -0.3 is 14.4 Å². The summed E-state index contributed by atoms with van der Waals surface area (Å²) in [5, 5.41) is 18.2. The molecule has 6 nitrogen and oxygen atoms in total. The summed E-state index contributed by atoms with van der Waals surface area (Å²) < 4.78 is 6.39. The van der Waals surface area contributed by atoms with Crippen molar-refractivity contribution in [2.24, 2.45) is 5.18 Å². The van der Waals surface area contributed by atoms with Crippen LogP contribution in [-0.2, 0) is 11.3 Å². The molecule has 0 aliphatic carbocycles. The van der Waals surface area contributed by atoms with Crippen molar-refractivity contribution in [2.75, 3.05) is 7.11 Å². The first-order valence-electron chi connectivity index (χ1n) is 8.50. The van der Waals surface area contributed by atoms with Gasteiger partial charge in [0.15, 0.2) is 5.69 Å². The first kappa shape index (κ1) is 17.9. The third kappa shape index (κ3) is 3.05. The quantitative estimate of drug-likeness (QED) is 0.369. The zero-order valence-corrected chi connectivity index (χ0v) is 15.8. The molecule has 2 aromatic carbocycles. The van der Waals surface area contributed by atoms with Crippen molar-refractivity contribution >= 4 is 33.9 Å². The van der Waals surface area contributed by atoms with Crippen molar-refractivity contribution in [1.82, 2.24) is 4.57 Å². The SMILES string of the molecule is COC(=O)c1cccc(Cn2c(O)c(N=O)c3ccc(-c4ccsc4)cc32)c1. The topological polar surface area (TPSA) is 80.9 Å². The Hall–Kier alpha value is -3.45. The predicted molar refractivity (Wildman–Crippen MR) is 109 cm³/mol. The number of benzene rings is 2. The van der Waals surface area contributed by atoms with Crippen LogP contribution in [0.2, 0.25) is 0 Å². The number of nitroso groups, excluding NO2 is 1. The van der Waals surface area contributed by atoms with Gasteiger partial charge in [0.2, 0.25) is 5.88 Å². The second kappa shape index (κ2) is 7.28. The van der Waals surface area contributed by atoms with Crippen LogP contribution >= 0.6 is 11.3 Å². The summed E-state index contributed by atoms with van der Waals surface area (Å²) in [4.78, 5) is 23.1. The highest BCUT2D eigenvalue weighted by molar-refractivity contribution is 7.08. The van der Waals surface area contributed by atoms with Crippen molar-refractivity contribution < 1.29 is 14.6 Å². The fourth-order valence-electron chi connectivity index (χ4n) is 3.27. The molecule has 4 aromatic rings. The minimum Gasteiger partial charge on any atom is -0.493 e. The van der Waals surface area contributed by atoms with Crippen LogP contribution in [-0.4, -0.2) is 22.8 Å². The Morgan fingerprint density at radius 2 is 2.04 bits per heavy atom. The fraction of sp³-hybridized carbons (Fsp3) is 0.0952. The highest BCUT2D eigenvalue weighted by Gasteiger charge is 2.19. The molecule has 0 saturated carbocycles. The number of aromatic hydroxyl groups is 1. The molecule has 4 rings (SSSR count). The third-order valence-electron chi connectivity index (χ3n) is 4.65. The van der Waals surface area contributed by atoms with Crippen molar-refractivity contribution in [3.05, 3.63) is 75.3 Å². The van der Waals surface area contributed by atoms with Crippen LogP contribution in [0.4, 0.5) is 5.69 Å². The fourth-order valence-corrected chi connectivity index (χ4v) is 3.94. The smallest absolute Gasteiger partial charge is 0.337 e. The molecule has 0 amide bonds. The number of rotatable bonds is 5. The van der Waals surface area contributed by atoms with Crippen molar-refractivity contribution in [1.29, 1.82) is 0 Å². The van der Waals surface area contributed by atoms with E-state index >= 15 is 0 Å². The van der Waals surface area contributed by atoms with Gasteiger partial charge >= 0.3 is 5.97 Å². The van der Waals surface area contributed by atoms with Crippen molar-refractivity contribution in [3.63, 3.8) is 0 Å². The average molecular weight is 392 g/mol. The average Bonchev–Trinajstić information content (AvgIpc) is 3.35. The molecule has 0 aliphatic rings. The molecule has 2 heterocycles. The summed E-state index contributed by atoms with van der Waals surface area (Å²) in [7, 11) is 1.33. The number of ether oxygens (including phenoxy) is 1. The number of methoxy groups -OCH3 is 1. The first-order valence-corrected chi connectivity index (χ1v) is 9.45. The zero-order valence-electron chi connectivity index (χ0n) is 15.0. The lowest BCUT2D eigenvalue weighted by Crippen LogP contribution is -2.04. The molecule has 1 N–H and O–H groups in total. The van der Waals surface area contributed by atoms with Crippen molar-refractivity contribution in [2.45, 2.75) is 6.54 Å². The van der Waals surface area contributed by atoms with Gasteiger partial charge in [-0.15, -0.1) is 4.91 Å². The van der Waals surface area contributed by atoms with Crippen LogP contribution in [0.3, 0.4) is 0 Å². The molecular weight excluding hydrogens is 376 g/mol. The number of fused-ring (bicyclic) bond motifs is 1. The molecule has 0 atom stereocenters. The number of carbonyl (C=O) groups is 1. The van der Waals surface area contributed by atoms with Gasteiger partial charge in [-0.25, -0.2) is 4.79 Å². The van der Waals surface area contributed by atoms with E-state index in [1.807, 2.05) is 35.0 Å². The number of aromatic nitrogens is 1. The highest BCUT2D eigenvalue weighted by Crippen LogP contribution is 2.40. The predicted octanol–water partition coefficient (Wildman–Crippen LogP) is 5.31. The second-order valence-corrected chi connectivity index (χ2v) is 7.07. The van der Waals surface area contributed by atoms with E-state index in [1.165, 1.54) is 7.11 Å². The van der Waals surface area contributed by atoms with E-state index in [4.69, 9.17) is 4.74 Å². The van der Waals surface area contributed by atoms with E-state index in [1.54, 1.807) is 40.2 Å². The molecule has 2 aromatic heterocycles. The maximum atomic E-state index is 11.8. The normalized spacial score (nSPS) is 10.9. The minimum absolute atomic E-state index is 0.0102. The van der Waals surface area contributed by atoms with Gasteiger partial charge in [0, 0.05) is 5.39 Å². The molecule has 0 radical (unpaired) electrons. The molecule has 0 fully saturated rings. The van der Waals surface area contributed by atoms with Crippen LogP contribution in [0.1, 0.15) is 15.9 Å². The van der Waals surface area contributed by atoms with Crippen LogP contribution in [0.25, 0.3) is 22.0 Å². The Labute approximate surface area is 164 Å². The molecule has 0 spiro atoms. The monoisotopic (exact) mass is 392 g/mol. The summed E-state index contributed by atoms with van der Waals surface area (Å²) in [6.45, 7) is 0.274. The van der Waals surface area contributed by atoms with E-state index in [0.29, 0.717) is 16.5 Å². The van der Waals surface area contributed by atoms with E-state index in [0.717, 1.165) is 16.7 Å². The van der Waals surface area contributed by atoms with Gasteiger partial charge in [0.1, 0.15) is 0 Å². The number of thiophene rings is 1. The molecule has 0 unspecified atom stereocenters. The van der Waals surface area contributed by atoms with Gasteiger partial charge in [0.25, 0.3) is 0 Å².